The molecular formula is C24H27NO3S. The molecule has 3 aromatic rings. The molecule has 2 heterocycles. The molecule has 0 spiro atoms. The van der Waals surface area contributed by atoms with E-state index in [1.165, 1.54) is 25.9 Å². The summed E-state index contributed by atoms with van der Waals surface area (Å²) in [6.07, 6.45) is 2.57. The van der Waals surface area contributed by atoms with E-state index in [1.54, 1.807) is 23.5 Å². The Labute approximate surface area is 175 Å². The predicted octanol–water partition coefficient (Wildman–Crippen LogP) is 5.44. The lowest BCUT2D eigenvalue weighted by molar-refractivity contribution is 0.103. The monoisotopic (exact) mass is 409 g/mol. The van der Waals surface area contributed by atoms with Crippen molar-refractivity contribution < 1.29 is 14.6 Å². The van der Waals surface area contributed by atoms with Crippen LogP contribution in [0.5, 0.6) is 11.5 Å². The number of benzene rings is 2. The average Bonchev–Trinajstić information content (AvgIpc) is 3.35. The van der Waals surface area contributed by atoms with Crippen LogP contribution in [0.1, 0.15) is 53.4 Å². The highest BCUT2D eigenvalue weighted by Crippen LogP contribution is 2.38. The van der Waals surface area contributed by atoms with E-state index < -0.39 is 0 Å². The zero-order chi connectivity index (χ0) is 20.4. The van der Waals surface area contributed by atoms with E-state index in [-0.39, 0.29) is 17.5 Å². The molecule has 0 unspecified atom stereocenters. The number of nitrogens with zero attached hydrogens (tertiary/aromatic N) is 1. The van der Waals surface area contributed by atoms with Crippen molar-refractivity contribution in [2.24, 2.45) is 0 Å². The van der Waals surface area contributed by atoms with Gasteiger partial charge in [-0.15, -0.1) is 11.3 Å². The molecule has 1 aromatic heterocycles. The first kappa shape index (κ1) is 19.9. The third-order valence-corrected chi connectivity index (χ3v) is 6.90. The molecule has 1 fully saturated rings. The Balaban J connectivity index is 1.52. The molecule has 1 N–H and O–H groups in total. The highest BCUT2D eigenvalue weighted by molar-refractivity contribution is 7.19. The molecule has 5 heteroatoms. The van der Waals surface area contributed by atoms with Crippen LogP contribution in [0.2, 0.25) is 0 Å². The molecule has 1 aliphatic heterocycles. The predicted molar refractivity (Wildman–Crippen MR) is 119 cm³/mol. The number of carbonyl (C=O) groups is 1. The summed E-state index contributed by atoms with van der Waals surface area (Å²) in [5, 5.41) is 10.7. The number of fused-ring (bicyclic) bond motifs is 1. The molecule has 0 saturated carbocycles. The summed E-state index contributed by atoms with van der Waals surface area (Å²) in [6, 6.07) is 12.7. The Morgan fingerprint density at radius 1 is 1.14 bits per heavy atom. The second-order valence-electron chi connectivity index (χ2n) is 7.93. The van der Waals surface area contributed by atoms with Crippen LogP contribution >= 0.6 is 11.3 Å². The third kappa shape index (κ3) is 4.31. The van der Waals surface area contributed by atoms with E-state index in [1.807, 2.05) is 30.3 Å². The molecular weight excluding hydrogens is 382 g/mol. The van der Waals surface area contributed by atoms with Gasteiger partial charge >= 0.3 is 0 Å². The largest absolute Gasteiger partial charge is 0.508 e. The molecule has 0 aliphatic carbocycles. The Kier molecular flexibility index (Phi) is 5.88. The summed E-state index contributed by atoms with van der Waals surface area (Å²) in [5.74, 6) is 1.28. The maximum Gasteiger partial charge on any atom is 0.194 e. The van der Waals surface area contributed by atoms with Crippen LogP contribution in [0.4, 0.5) is 0 Å². The molecule has 0 radical (unpaired) electrons. The average molecular weight is 410 g/mol. The Morgan fingerprint density at radius 3 is 2.55 bits per heavy atom. The minimum atomic E-state index is 0.0225. The second-order valence-corrected chi connectivity index (χ2v) is 9.01. The summed E-state index contributed by atoms with van der Waals surface area (Å²) in [7, 11) is 0. The van der Waals surface area contributed by atoms with E-state index in [0.717, 1.165) is 32.8 Å². The van der Waals surface area contributed by atoms with Crippen LogP contribution in [0.25, 0.3) is 10.1 Å². The van der Waals surface area contributed by atoms with Crippen LogP contribution in [-0.2, 0) is 0 Å². The molecule has 1 aliphatic rings. The number of rotatable bonds is 7. The van der Waals surface area contributed by atoms with E-state index in [2.05, 4.69) is 18.7 Å². The fourth-order valence-corrected chi connectivity index (χ4v) is 5.13. The molecule has 2 aromatic carbocycles. The summed E-state index contributed by atoms with van der Waals surface area (Å²) in [4.78, 5) is 16.8. The number of carbonyl (C=O) groups excluding carboxylic acids is 1. The van der Waals surface area contributed by atoms with Gasteiger partial charge in [0.05, 0.1) is 0 Å². The van der Waals surface area contributed by atoms with Gasteiger partial charge in [0.1, 0.15) is 18.1 Å². The van der Waals surface area contributed by atoms with Gasteiger partial charge in [-0.25, -0.2) is 0 Å². The second kappa shape index (κ2) is 8.56. The third-order valence-electron chi connectivity index (χ3n) is 5.44. The standard InChI is InChI=1S/C24H27NO3S/c1-16(2)24-22(20-10-7-18(26)15-21(20)29-24)23(27)17-5-8-19(9-6-17)28-14-13-25-11-3-4-12-25/h5-10,15-16,26H,3-4,11-14H2,1-2H3. The SMILES string of the molecule is CC(C)c1sc2cc(O)ccc2c1C(=O)c1ccc(OCCN2CCCC2)cc1. The molecule has 4 nitrogen and oxygen atoms in total. The van der Waals surface area contributed by atoms with Gasteiger partial charge in [0, 0.05) is 32.6 Å². The first-order valence-corrected chi connectivity index (χ1v) is 11.1. The van der Waals surface area contributed by atoms with Gasteiger partial charge in [-0.2, -0.15) is 0 Å². The first-order valence-electron chi connectivity index (χ1n) is 10.3. The van der Waals surface area contributed by atoms with Crippen molar-refractivity contribution in [1.82, 2.24) is 4.90 Å². The minimum absolute atomic E-state index is 0.0225. The van der Waals surface area contributed by atoms with Gasteiger partial charge in [0.15, 0.2) is 5.78 Å². The molecule has 0 atom stereocenters. The Morgan fingerprint density at radius 2 is 1.86 bits per heavy atom. The lowest BCUT2D eigenvalue weighted by Crippen LogP contribution is -2.25. The van der Waals surface area contributed by atoms with Crippen LogP contribution < -0.4 is 4.74 Å². The smallest absolute Gasteiger partial charge is 0.194 e. The number of ketones is 1. The van der Waals surface area contributed by atoms with Crippen molar-refractivity contribution in [2.75, 3.05) is 26.2 Å². The van der Waals surface area contributed by atoms with E-state index in [0.29, 0.717) is 12.2 Å². The Hall–Kier alpha value is -2.37. The molecule has 1 saturated heterocycles. The zero-order valence-corrected chi connectivity index (χ0v) is 17.8. The highest BCUT2D eigenvalue weighted by Gasteiger charge is 2.22. The summed E-state index contributed by atoms with van der Waals surface area (Å²) >= 11 is 1.59. The van der Waals surface area contributed by atoms with Gasteiger partial charge in [-0.05, 0) is 74.3 Å². The van der Waals surface area contributed by atoms with Crippen molar-refractivity contribution in [1.29, 1.82) is 0 Å². The van der Waals surface area contributed by atoms with Crippen LogP contribution in [0.3, 0.4) is 0 Å². The molecule has 4 rings (SSSR count). The molecule has 152 valence electrons. The van der Waals surface area contributed by atoms with Crippen LogP contribution in [-0.4, -0.2) is 42.0 Å². The lowest BCUT2D eigenvalue weighted by atomic mass is 9.96. The van der Waals surface area contributed by atoms with Crippen molar-refractivity contribution in [3.05, 3.63) is 58.5 Å². The summed E-state index contributed by atoms with van der Waals surface area (Å²) in [5.41, 5.74) is 1.41. The summed E-state index contributed by atoms with van der Waals surface area (Å²) in [6.45, 7) is 8.15. The summed E-state index contributed by atoms with van der Waals surface area (Å²) < 4.78 is 6.80. The number of aromatic hydroxyl groups is 1. The van der Waals surface area contributed by atoms with Gasteiger partial charge in [0.25, 0.3) is 0 Å². The minimum Gasteiger partial charge on any atom is -0.508 e. The first-order chi connectivity index (χ1) is 14.0. The fourth-order valence-electron chi connectivity index (χ4n) is 3.89. The number of hydrogen-bond donors (Lipinski definition) is 1. The molecule has 0 bridgehead atoms. The topological polar surface area (TPSA) is 49.8 Å². The zero-order valence-electron chi connectivity index (χ0n) is 17.0. The number of phenols is 1. The number of likely N-dealkylation sites (tertiary alicyclic amines) is 1. The normalized spacial score (nSPS) is 14.7. The van der Waals surface area contributed by atoms with Gasteiger partial charge in [-0.1, -0.05) is 13.8 Å². The number of thiophene rings is 1. The molecule has 0 amide bonds. The Bertz CT molecular complexity index is 1000. The van der Waals surface area contributed by atoms with Gasteiger partial charge < -0.3 is 9.84 Å². The van der Waals surface area contributed by atoms with Crippen molar-refractivity contribution in [3.63, 3.8) is 0 Å². The fraction of sp³-hybridized carbons (Fsp3) is 0.375. The lowest BCUT2D eigenvalue weighted by Gasteiger charge is -2.15. The van der Waals surface area contributed by atoms with Gasteiger partial charge in [0.2, 0.25) is 0 Å². The van der Waals surface area contributed by atoms with Crippen LogP contribution in [0, 0.1) is 0 Å². The van der Waals surface area contributed by atoms with Crippen molar-refractivity contribution >= 4 is 27.2 Å². The van der Waals surface area contributed by atoms with Crippen molar-refractivity contribution in [2.45, 2.75) is 32.6 Å². The van der Waals surface area contributed by atoms with Gasteiger partial charge in [-0.3, -0.25) is 9.69 Å². The van der Waals surface area contributed by atoms with E-state index in [4.69, 9.17) is 4.74 Å². The number of ether oxygens (including phenoxy) is 1. The highest BCUT2D eigenvalue weighted by atomic mass is 32.1. The quantitative estimate of drug-likeness (QED) is 0.528. The van der Waals surface area contributed by atoms with Crippen LogP contribution in [0.15, 0.2) is 42.5 Å². The number of phenolic OH excluding ortho intramolecular Hbond substituents is 1. The maximum atomic E-state index is 13.3. The molecule has 29 heavy (non-hydrogen) atoms. The maximum absolute atomic E-state index is 13.3. The van der Waals surface area contributed by atoms with Crippen molar-refractivity contribution in [3.8, 4) is 11.5 Å². The van der Waals surface area contributed by atoms with E-state index in [9.17, 15) is 9.90 Å². The number of hydrogen-bond acceptors (Lipinski definition) is 5. The van der Waals surface area contributed by atoms with E-state index >= 15 is 0 Å².